The van der Waals surface area contributed by atoms with Crippen LogP contribution >= 0.6 is 34.8 Å². The van der Waals surface area contributed by atoms with Gasteiger partial charge in [0, 0.05) is 16.5 Å². The first-order chi connectivity index (χ1) is 17.9. The number of carboxylic acid groups (broad SMARTS) is 1. The van der Waals surface area contributed by atoms with Crippen molar-refractivity contribution < 1.29 is 19.2 Å². The highest BCUT2D eigenvalue weighted by atomic mass is 35.5. The maximum absolute atomic E-state index is 11.1. The molecule has 0 radical (unpaired) electrons. The molecule has 0 bridgehead atoms. The van der Waals surface area contributed by atoms with Gasteiger partial charge < -0.3 is 14.4 Å². The van der Waals surface area contributed by atoms with E-state index >= 15 is 0 Å². The zero-order valence-corrected chi connectivity index (χ0v) is 21.9. The van der Waals surface area contributed by atoms with Crippen molar-refractivity contribution in [1.29, 1.82) is 0 Å². The predicted octanol–water partition coefficient (Wildman–Crippen LogP) is 8.73. The molecule has 0 saturated heterocycles. The topological polar surface area (TPSA) is 72.6 Å². The summed E-state index contributed by atoms with van der Waals surface area (Å²) in [5.74, 6) is 1.51. The number of carbonyl (C=O) groups is 1. The highest BCUT2D eigenvalue weighted by molar-refractivity contribution is 6.39. The number of nitrogens with zero attached hydrogens (tertiary/aromatic N) is 1. The molecular weight excluding hydrogens is 533 g/mol. The van der Waals surface area contributed by atoms with Crippen molar-refractivity contribution in [2.75, 3.05) is 0 Å². The van der Waals surface area contributed by atoms with E-state index in [0.717, 1.165) is 41.7 Å². The normalized spacial score (nSPS) is 18.6. The molecule has 1 aromatic heterocycles. The molecule has 2 aliphatic carbocycles. The van der Waals surface area contributed by atoms with E-state index in [9.17, 15) is 4.79 Å². The van der Waals surface area contributed by atoms with Crippen molar-refractivity contribution in [3.8, 4) is 17.0 Å². The van der Waals surface area contributed by atoms with Crippen LogP contribution in [0.15, 0.2) is 65.2 Å². The summed E-state index contributed by atoms with van der Waals surface area (Å²) in [6.45, 7) is 0.254. The Morgan fingerprint density at radius 2 is 1.70 bits per heavy atom. The van der Waals surface area contributed by atoms with Crippen LogP contribution in [0.5, 0.6) is 5.75 Å². The first-order valence-corrected chi connectivity index (χ1v) is 13.2. The molecule has 37 heavy (non-hydrogen) atoms. The van der Waals surface area contributed by atoms with Gasteiger partial charge in [0.1, 0.15) is 23.8 Å². The van der Waals surface area contributed by atoms with Crippen LogP contribution < -0.4 is 4.74 Å². The monoisotopic (exact) mass is 553 g/mol. The van der Waals surface area contributed by atoms with Gasteiger partial charge in [0.25, 0.3) is 0 Å². The van der Waals surface area contributed by atoms with Gasteiger partial charge >= 0.3 is 5.97 Å². The van der Waals surface area contributed by atoms with Crippen LogP contribution in [0.2, 0.25) is 15.1 Å². The second-order valence-electron chi connectivity index (χ2n) is 9.59. The molecular formula is C29H22Cl3NO4. The SMILES string of the molecule is O=C(O)c1ccc(C2C[C@@H]2c2ccc(OCc3c(-c4c(Cl)cccc4Cl)noc3C3CC3)cc2Cl)cc1. The number of aromatic carboxylic acids is 1. The van der Waals surface area contributed by atoms with Gasteiger partial charge in [-0.1, -0.05) is 64.2 Å². The number of benzene rings is 3. The van der Waals surface area contributed by atoms with Crippen LogP contribution in [0.1, 0.15) is 69.8 Å². The van der Waals surface area contributed by atoms with Gasteiger partial charge in [0.2, 0.25) is 0 Å². The molecule has 1 N–H and O–H groups in total. The quantitative estimate of drug-likeness (QED) is 0.236. The lowest BCUT2D eigenvalue weighted by Gasteiger charge is -2.11. The number of hydrogen-bond acceptors (Lipinski definition) is 4. The largest absolute Gasteiger partial charge is 0.489 e. The fraction of sp³-hybridized carbons (Fsp3) is 0.241. The van der Waals surface area contributed by atoms with E-state index in [0.29, 0.717) is 49.8 Å². The van der Waals surface area contributed by atoms with E-state index in [-0.39, 0.29) is 12.2 Å². The summed E-state index contributed by atoms with van der Waals surface area (Å²) in [6.07, 6.45) is 3.08. The van der Waals surface area contributed by atoms with Gasteiger partial charge in [-0.25, -0.2) is 4.79 Å². The molecule has 0 aliphatic heterocycles. The molecule has 2 saturated carbocycles. The zero-order chi connectivity index (χ0) is 25.7. The Hall–Kier alpha value is -2.99. The van der Waals surface area contributed by atoms with Crippen LogP contribution in [0.25, 0.3) is 11.3 Å². The van der Waals surface area contributed by atoms with Crippen molar-refractivity contribution in [2.45, 2.75) is 43.6 Å². The van der Waals surface area contributed by atoms with Crippen LogP contribution in [-0.2, 0) is 6.61 Å². The highest BCUT2D eigenvalue weighted by Crippen LogP contribution is 2.56. The molecule has 0 amide bonds. The van der Waals surface area contributed by atoms with E-state index < -0.39 is 5.97 Å². The summed E-state index contributed by atoms with van der Waals surface area (Å²) in [4.78, 5) is 11.1. The summed E-state index contributed by atoms with van der Waals surface area (Å²) >= 11 is 19.6. The molecule has 8 heteroatoms. The molecule has 6 rings (SSSR count). The van der Waals surface area contributed by atoms with Gasteiger partial charge in [-0.2, -0.15) is 0 Å². The lowest BCUT2D eigenvalue weighted by atomic mass is 10.0. The van der Waals surface area contributed by atoms with E-state index in [1.807, 2.05) is 30.3 Å². The molecule has 188 valence electrons. The summed E-state index contributed by atoms with van der Waals surface area (Å²) in [5.41, 5.74) is 4.58. The molecule has 0 spiro atoms. The number of ether oxygens (including phenoxy) is 1. The molecule has 2 atom stereocenters. The van der Waals surface area contributed by atoms with Crippen molar-refractivity contribution in [3.05, 3.63) is 104 Å². The Morgan fingerprint density at radius 1 is 0.973 bits per heavy atom. The second-order valence-corrected chi connectivity index (χ2v) is 10.8. The molecule has 1 heterocycles. The van der Waals surface area contributed by atoms with E-state index in [1.54, 1.807) is 30.3 Å². The fourth-order valence-electron chi connectivity index (χ4n) is 4.88. The third kappa shape index (κ3) is 4.84. The summed E-state index contributed by atoms with van der Waals surface area (Å²) in [5, 5.41) is 15.1. The zero-order valence-electron chi connectivity index (χ0n) is 19.6. The molecule has 4 aromatic rings. The van der Waals surface area contributed by atoms with Crippen LogP contribution in [-0.4, -0.2) is 16.2 Å². The van der Waals surface area contributed by atoms with E-state index in [4.69, 9.17) is 49.2 Å². The molecule has 5 nitrogen and oxygen atoms in total. The number of rotatable bonds is 8. The van der Waals surface area contributed by atoms with Crippen LogP contribution in [0, 0.1) is 0 Å². The van der Waals surface area contributed by atoms with Gasteiger partial charge in [-0.15, -0.1) is 0 Å². The molecule has 2 aliphatic rings. The summed E-state index contributed by atoms with van der Waals surface area (Å²) in [7, 11) is 0. The Kier molecular flexibility index (Phi) is 6.39. The molecule has 3 aromatic carbocycles. The van der Waals surface area contributed by atoms with Crippen LogP contribution in [0.4, 0.5) is 0 Å². The first kappa shape index (κ1) is 24.4. The Bertz CT molecular complexity index is 1470. The minimum absolute atomic E-state index is 0.254. The lowest BCUT2D eigenvalue weighted by Crippen LogP contribution is -2.00. The fourth-order valence-corrected chi connectivity index (χ4v) is 5.77. The first-order valence-electron chi connectivity index (χ1n) is 12.1. The maximum atomic E-state index is 11.1. The third-order valence-electron chi connectivity index (χ3n) is 7.10. The average Bonchev–Trinajstić information content (AvgIpc) is 3.81. The highest BCUT2D eigenvalue weighted by Gasteiger charge is 2.40. The minimum atomic E-state index is -0.921. The minimum Gasteiger partial charge on any atom is -0.489 e. The standard InChI is InChI=1S/C29H22Cl3NO4/c30-23-2-1-3-24(31)26(23)27-22(28(37-33-27)16-6-7-16)14-36-18-10-11-19(25(32)12-18)21-13-20(21)15-4-8-17(9-5-15)29(34)35/h1-5,8-12,16,20-21H,6-7,13-14H2,(H,34,35)/t20?,21-/m1/s1. The second kappa shape index (κ2) is 9.71. The summed E-state index contributed by atoms with van der Waals surface area (Å²) in [6, 6.07) is 18.2. The average molecular weight is 555 g/mol. The van der Waals surface area contributed by atoms with Gasteiger partial charge in [-0.05, 0) is 78.6 Å². The van der Waals surface area contributed by atoms with Crippen LogP contribution in [0.3, 0.4) is 0 Å². The third-order valence-corrected chi connectivity index (χ3v) is 8.05. The summed E-state index contributed by atoms with van der Waals surface area (Å²) < 4.78 is 11.9. The Balaban J connectivity index is 1.19. The number of halogens is 3. The Morgan fingerprint density at radius 3 is 2.35 bits per heavy atom. The van der Waals surface area contributed by atoms with Gasteiger partial charge in [0.15, 0.2) is 0 Å². The number of hydrogen-bond donors (Lipinski definition) is 1. The van der Waals surface area contributed by atoms with Crippen molar-refractivity contribution in [2.24, 2.45) is 0 Å². The smallest absolute Gasteiger partial charge is 0.335 e. The van der Waals surface area contributed by atoms with E-state index in [1.165, 1.54) is 0 Å². The van der Waals surface area contributed by atoms with Crippen molar-refractivity contribution in [3.63, 3.8) is 0 Å². The van der Waals surface area contributed by atoms with Gasteiger partial charge in [-0.3, -0.25) is 0 Å². The lowest BCUT2D eigenvalue weighted by molar-refractivity contribution is 0.0697. The van der Waals surface area contributed by atoms with Crippen molar-refractivity contribution >= 4 is 40.8 Å². The number of aromatic nitrogens is 1. The Labute approximate surface area is 228 Å². The molecule has 1 unspecified atom stereocenters. The van der Waals surface area contributed by atoms with E-state index in [2.05, 4.69) is 5.16 Å². The predicted molar refractivity (Wildman–Crippen MR) is 143 cm³/mol. The number of carboxylic acids is 1. The molecule has 2 fully saturated rings. The van der Waals surface area contributed by atoms with Crippen molar-refractivity contribution in [1.82, 2.24) is 5.16 Å². The maximum Gasteiger partial charge on any atom is 0.335 e. The van der Waals surface area contributed by atoms with Gasteiger partial charge in [0.05, 0.1) is 21.2 Å².